The van der Waals surface area contributed by atoms with Crippen molar-refractivity contribution < 1.29 is 23.2 Å². The second-order valence-electron chi connectivity index (χ2n) is 5.41. The SMILES string of the molecule is CO/N=C(/C(=O)OC)c1ccccc1CSc1nnc(-c2ccccc2F)o1. The zero-order valence-corrected chi connectivity index (χ0v) is 15.9. The number of methoxy groups -OCH3 is 1. The van der Waals surface area contributed by atoms with Gasteiger partial charge in [0, 0.05) is 11.3 Å². The molecule has 2 aromatic carbocycles. The van der Waals surface area contributed by atoms with E-state index in [0.717, 1.165) is 5.56 Å². The summed E-state index contributed by atoms with van der Waals surface area (Å²) in [4.78, 5) is 16.8. The molecule has 0 atom stereocenters. The number of benzene rings is 2. The fourth-order valence-electron chi connectivity index (χ4n) is 2.41. The normalized spacial score (nSPS) is 11.3. The number of hydrogen-bond acceptors (Lipinski definition) is 8. The number of esters is 1. The number of thioether (sulfide) groups is 1. The molecule has 0 saturated heterocycles. The number of carbonyl (C=O) groups excluding carboxylic acids is 1. The lowest BCUT2D eigenvalue weighted by atomic mass is 10.0. The Morgan fingerprint density at radius 3 is 2.64 bits per heavy atom. The van der Waals surface area contributed by atoms with Crippen molar-refractivity contribution in [2.45, 2.75) is 11.0 Å². The Morgan fingerprint density at radius 1 is 1.14 bits per heavy atom. The van der Waals surface area contributed by atoms with E-state index in [1.807, 2.05) is 12.1 Å². The fraction of sp³-hybridized carbons (Fsp3) is 0.158. The molecule has 0 fully saturated rings. The van der Waals surface area contributed by atoms with Gasteiger partial charge in [0.05, 0.1) is 12.7 Å². The van der Waals surface area contributed by atoms with Crippen molar-refractivity contribution in [3.05, 3.63) is 65.5 Å². The molecule has 0 radical (unpaired) electrons. The summed E-state index contributed by atoms with van der Waals surface area (Å²) in [5, 5.41) is 11.9. The predicted octanol–water partition coefficient (Wildman–Crippen LogP) is 3.69. The van der Waals surface area contributed by atoms with Gasteiger partial charge in [0.25, 0.3) is 11.1 Å². The largest absolute Gasteiger partial charge is 0.464 e. The first-order valence-electron chi connectivity index (χ1n) is 8.13. The molecule has 7 nitrogen and oxygen atoms in total. The van der Waals surface area contributed by atoms with Crippen molar-refractivity contribution in [3.8, 4) is 11.5 Å². The minimum atomic E-state index is -0.612. The van der Waals surface area contributed by atoms with Gasteiger partial charge in [-0.1, -0.05) is 53.3 Å². The highest BCUT2D eigenvalue weighted by Crippen LogP contribution is 2.28. The monoisotopic (exact) mass is 401 g/mol. The van der Waals surface area contributed by atoms with Crippen LogP contribution in [0.4, 0.5) is 4.39 Å². The first-order chi connectivity index (χ1) is 13.6. The molecule has 144 valence electrons. The summed E-state index contributed by atoms with van der Waals surface area (Å²) in [6, 6.07) is 13.4. The molecule has 0 aliphatic carbocycles. The zero-order valence-electron chi connectivity index (χ0n) is 15.1. The lowest BCUT2D eigenvalue weighted by Crippen LogP contribution is -2.19. The van der Waals surface area contributed by atoms with Crippen LogP contribution in [-0.2, 0) is 20.1 Å². The Kier molecular flexibility index (Phi) is 6.38. The fourth-order valence-corrected chi connectivity index (χ4v) is 3.18. The minimum Gasteiger partial charge on any atom is -0.464 e. The second-order valence-corrected chi connectivity index (χ2v) is 6.34. The van der Waals surface area contributed by atoms with Crippen LogP contribution in [0.3, 0.4) is 0 Å². The summed E-state index contributed by atoms with van der Waals surface area (Å²) >= 11 is 1.25. The summed E-state index contributed by atoms with van der Waals surface area (Å²) in [6.07, 6.45) is 0. The van der Waals surface area contributed by atoms with E-state index in [1.54, 1.807) is 30.3 Å². The smallest absolute Gasteiger partial charge is 0.360 e. The van der Waals surface area contributed by atoms with Crippen molar-refractivity contribution >= 4 is 23.4 Å². The van der Waals surface area contributed by atoms with Gasteiger partial charge < -0.3 is 14.0 Å². The first-order valence-corrected chi connectivity index (χ1v) is 9.11. The maximum absolute atomic E-state index is 13.9. The van der Waals surface area contributed by atoms with Gasteiger partial charge >= 0.3 is 5.97 Å². The number of carbonyl (C=O) groups is 1. The molecule has 0 unspecified atom stereocenters. The summed E-state index contributed by atoms with van der Waals surface area (Å²) in [5.74, 6) is -0.537. The van der Waals surface area contributed by atoms with E-state index in [1.165, 1.54) is 32.0 Å². The molecular formula is C19H16FN3O4S. The standard InChI is InChI=1S/C19H16FN3O4S/c1-25-18(24)16(23-26-2)13-8-4-3-7-12(13)11-28-19-22-21-17(27-19)14-9-5-6-10-15(14)20/h3-10H,11H2,1-2H3/b23-16+. The molecule has 0 N–H and O–H groups in total. The molecule has 3 aromatic rings. The highest BCUT2D eigenvalue weighted by Gasteiger charge is 2.20. The van der Waals surface area contributed by atoms with Gasteiger partial charge in [0.2, 0.25) is 0 Å². The third-order valence-electron chi connectivity index (χ3n) is 3.70. The van der Waals surface area contributed by atoms with Gasteiger partial charge in [-0.15, -0.1) is 10.2 Å². The van der Waals surface area contributed by atoms with Crippen molar-refractivity contribution in [2.24, 2.45) is 5.16 Å². The van der Waals surface area contributed by atoms with Gasteiger partial charge in [-0.05, 0) is 17.7 Å². The van der Waals surface area contributed by atoms with Crippen LogP contribution in [0.15, 0.2) is 63.3 Å². The Bertz CT molecular complexity index is 1010. The van der Waals surface area contributed by atoms with E-state index in [9.17, 15) is 9.18 Å². The number of ether oxygens (including phenoxy) is 1. The van der Waals surface area contributed by atoms with E-state index >= 15 is 0 Å². The van der Waals surface area contributed by atoms with Gasteiger partial charge in [-0.2, -0.15) is 0 Å². The Morgan fingerprint density at radius 2 is 1.89 bits per heavy atom. The highest BCUT2D eigenvalue weighted by molar-refractivity contribution is 7.98. The first kappa shape index (κ1) is 19.6. The summed E-state index contributed by atoms with van der Waals surface area (Å²) in [5.41, 5.74) is 1.65. The summed E-state index contributed by atoms with van der Waals surface area (Å²) < 4.78 is 24.2. The van der Waals surface area contributed by atoms with Gasteiger partial charge in [-0.3, -0.25) is 0 Å². The number of halogens is 1. The second kappa shape index (κ2) is 9.14. The molecule has 0 amide bonds. The summed E-state index contributed by atoms with van der Waals surface area (Å²) in [7, 11) is 2.62. The molecule has 1 heterocycles. The van der Waals surface area contributed by atoms with Crippen LogP contribution in [0.5, 0.6) is 0 Å². The van der Waals surface area contributed by atoms with Gasteiger partial charge in [0.1, 0.15) is 12.9 Å². The number of aromatic nitrogens is 2. The van der Waals surface area contributed by atoms with E-state index in [2.05, 4.69) is 15.4 Å². The van der Waals surface area contributed by atoms with Crippen LogP contribution in [0, 0.1) is 5.82 Å². The lowest BCUT2D eigenvalue weighted by molar-refractivity contribution is -0.132. The van der Waals surface area contributed by atoms with Crippen molar-refractivity contribution in [1.29, 1.82) is 0 Å². The van der Waals surface area contributed by atoms with Crippen LogP contribution in [0.25, 0.3) is 11.5 Å². The molecule has 0 aliphatic rings. The molecule has 0 saturated carbocycles. The zero-order chi connectivity index (χ0) is 19.9. The average molecular weight is 401 g/mol. The lowest BCUT2D eigenvalue weighted by Gasteiger charge is -2.09. The Balaban J connectivity index is 1.80. The average Bonchev–Trinajstić information content (AvgIpc) is 3.19. The number of rotatable bonds is 7. The van der Waals surface area contributed by atoms with Gasteiger partial charge in [0.15, 0.2) is 5.71 Å². The molecule has 0 bridgehead atoms. The van der Waals surface area contributed by atoms with Crippen LogP contribution in [0.1, 0.15) is 11.1 Å². The van der Waals surface area contributed by atoms with E-state index in [0.29, 0.717) is 11.3 Å². The van der Waals surface area contributed by atoms with Crippen LogP contribution >= 0.6 is 11.8 Å². The van der Waals surface area contributed by atoms with Crippen LogP contribution in [0.2, 0.25) is 0 Å². The predicted molar refractivity (Wildman–Crippen MR) is 101 cm³/mol. The molecule has 28 heavy (non-hydrogen) atoms. The molecule has 0 spiro atoms. The van der Waals surface area contributed by atoms with E-state index in [-0.39, 0.29) is 22.4 Å². The molecule has 3 rings (SSSR count). The van der Waals surface area contributed by atoms with Crippen molar-refractivity contribution in [2.75, 3.05) is 14.2 Å². The highest BCUT2D eigenvalue weighted by atomic mass is 32.2. The molecule has 1 aromatic heterocycles. The quantitative estimate of drug-likeness (QED) is 0.258. The number of nitrogens with zero attached hydrogens (tertiary/aromatic N) is 3. The molecule has 0 aliphatic heterocycles. The van der Waals surface area contributed by atoms with Gasteiger partial charge in [-0.25, -0.2) is 9.18 Å². The number of hydrogen-bond donors (Lipinski definition) is 0. The maximum Gasteiger partial charge on any atom is 0.360 e. The third kappa shape index (κ3) is 4.37. The Hall–Kier alpha value is -3.20. The maximum atomic E-state index is 13.9. The van der Waals surface area contributed by atoms with Crippen molar-refractivity contribution in [1.82, 2.24) is 10.2 Å². The topological polar surface area (TPSA) is 86.8 Å². The molecular weight excluding hydrogens is 385 g/mol. The van der Waals surface area contributed by atoms with E-state index < -0.39 is 11.8 Å². The van der Waals surface area contributed by atoms with Crippen LogP contribution in [-0.4, -0.2) is 36.1 Å². The number of oxime groups is 1. The van der Waals surface area contributed by atoms with Crippen molar-refractivity contribution in [3.63, 3.8) is 0 Å². The van der Waals surface area contributed by atoms with E-state index in [4.69, 9.17) is 14.0 Å². The minimum absolute atomic E-state index is 0.0544. The molecule has 9 heteroatoms. The summed E-state index contributed by atoms with van der Waals surface area (Å²) in [6.45, 7) is 0. The third-order valence-corrected chi connectivity index (χ3v) is 4.56. The van der Waals surface area contributed by atoms with Crippen LogP contribution < -0.4 is 0 Å². The Labute approximate surface area is 164 Å².